The average molecular weight is 510 g/mol. The maximum atomic E-state index is 12.7. The Morgan fingerprint density at radius 2 is 1.97 bits per heavy atom. The van der Waals surface area contributed by atoms with Crippen molar-refractivity contribution in [3.05, 3.63) is 53.6 Å². The largest absolute Gasteiger partial charge is 0.339 e. The molecule has 0 fully saturated rings. The number of pyridine rings is 1. The molecule has 0 saturated heterocycles. The Kier molecular flexibility index (Phi) is 7.51. The Balaban J connectivity index is 1.66. The lowest BCUT2D eigenvalue weighted by Gasteiger charge is -2.15. The highest BCUT2D eigenvalue weighted by Gasteiger charge is 2.19. The number of carbonyl (C=O) groups is 1. The van der Waals surface area contributed by atoms with E-state index in [1.54, 1.807) is 7.05 Å². The zero-order chi connectivity index (χ0) is 25.9. The molecular weight excluding hydrogens is 478 g/mol. The maximum Gasteiger partial charge on any atom is 0.271 e. The third-order valence-corrected chi connectivity index (χ3v) is 7.04. The molecule has 0 radical (unpaired) electrons. The van der Waals surface area contributed by atoms with Gasteiger partial charge in [-0.15, -0.1) is 0 Å². The summed E-state index contributed by atoms with van der Waals surface area (Å²) in [7, 11) is -1.61. The average Bonchev–Trinajstić information content (AvgIpc) is 3.51. The van der Waals surface area contributed by atoms with Crippen LogP contribution in [0.15, 0.2) is 36.8 Å². The Labute approximate surface area is 210 Å². The van der Waals surface area contributed by atoms with Gasteiger partial charge >= 0.3 is 0 Å². The second kappa shape index (κ2) is 10.6. The highest BCUT2D eigenvalue weighted by Crippen LogP contribution is 2.32. The lowest BCUT2D eigenvalue weighted by molar-refractivity contribution is 0.0798. The van der Waals surface area contributed by atoms with E-state index in [1.165, 1.54) is 22.2 Å². The summed E-state index contributed by atoms with van der Waals surface area (Å²) in [4.78, 5) is 26.0. The number of H-pyrrole nitrogens is 2. The van der Waals surface area contributed by atoms with Crippen molar-refractivity contribution in [2.45, 2.75) is 26.8 Å². The minimum atomic E-state index is -3.17. The van der Waals surface area contributed by atoms with Gasteiger partial charge < -0.3 is 15.2 Å². The number of imidazole rings is 1. The smallest absolute Gasteiger partial charge is 0.271 e. The summed E-state index contributed by atoms with van der Waals surface area (Å²) in [6.45, 7) is 5.98. The number of carbonyl (C=O) groups excluding carboxylic acids is 1. The van der Waals surface area contributed by atoms with Gasteiger partial charge in [-0.1, -0.05) is 19.9 Å². The van der Waals surface area contributed by atoms with E-state index in [1.807, 2.05) is 24.5 Å². The van der Waals surface area contributed by atoms with Crippen LogP contribution in [0.5, 0.6) is 0 Å². The minimum absolute atomic E-state index is 0.0986. The third kappa shape index (κ3) is 5.47. The van der Waals surface area contributed by atoms with Crippen molar-refractivity contribution in [1.82, 2.24) is 35.4 Å². The Hall–Kier alpha value is -3.57. The predicted octanol–water partition coefficient (Wildman–Crippen LogP) is 2.80. The van der Waals surface area contributed by atoms with Crippen LogP contribution in [0.1, 0.15) is 35.5 Å². The molecule has 4 aromatic rings. The van der Waals surface area contributed by atoms with Crippen molar-refractivity contribution in [3.8, 4) is 22.6 Å². The Morgan fingerprint density at radius 1 is 1.17 bits per heavy atom. The number of nitrogens with one attached hydrogen (secondary N) is 3. The predicted molar refractivity (Wildman–Crippen MR) is 140 cm³/mol. The van der Waals surface area contributed by atoms with E-state index in [-0.39, 0.29) is 23.9 Å². The molecule has 10 nitrogen and oxygen atoms in total. The van der Waals surface area contributed by atoms with Gasteiger partial charge in [0.1, 0.15) is 21.2 Å². The fourth-order valence-electron chi connectivity index (χ4n) is 4.13. The number of nitrogens with zero attached hydrogens (tertiary/aromatic N) is 4. The van der Waals surface area contributed by atoms with Gasteiger partial charge in [0, 0.05) is 49.7 Å². The summed E-state index contributed by atoms with van der Waals surface area (Å²) in [5, 5.41) is 11.7. The van der Waals surface area contributed by atoms with Crippen LogP contribution in [-0.4, -0.2) is 76.5 Å². The van der Waals surface area contributed by atoms with Crippen LogP contribution in [0.3, 0.4) is 0 Å². The van der Waals surface area contributed by atoms with E-state index in [4.69, 9.17) is 0 Å². The van der Waals surface area contributed by atoms with Crippen molar-refractivity contribution >= 4 is 26.6 Å². The molecule has 0 aliphatic heterocycles. The molecule has 3 aromatic heterocycles. The van der Waals surface area contributed by atoms with E-state index < -0.39 is 9.84 Å². The Bertz CT molecular complexity index is 1490. The van der Waals surface area contributed by atoms with E-state index in [0.717, 1.165) is 47.8 Å². The standard InChI is InChI=1S/C25H31N7O3S/c1-5-18-17(12-26-6-2)13-27-14-20(18)16-7-8-21-19(11-16)23(31-30-21)24-28-15-22(29-24)25(33)32(3)9-10-36(4,34)35/h7-8,11,13-15,26H,5-6,9-10,12H2,1-4H3,(H,28,29)(H,30,31). The van der Waals surface area contributed by atoms with Crippen LogP contribution in [-0.2, 0) is 22.8 Å². The first-order chi connectivity index (χ1) is 17.2. The summed E-state index contributed by atoms with van der Waals surface area (Å²) in [5.74, 6) is 0.00921. The summed E-state index contributed by atoms with van der Waals surface area (Å²) in [6, 6.07) is 6.08. The summed E-state index contributed by atoms with van der Waals surface area (Å²) in [6.07, 6.45) is 7.29. The molecule has 0 bridgehead atoms. The van der Waals surface area contributed by atoms with Crippen molar-refractivity contribution in [2.24, 2.45) is 0 Å². The van der Waals surface area contributed by atoms with Crippen molar-refractivity contribution in [3.63, 3.8) is 0 Å². The zero-order valence-corrected chi connectivity index (χ0v) is 21.7. The van der Waals surface area contributed by atoms with Crippen LogP contribution in [0.25, 0.3) is 33.5 Å². The maximum absolute atomic E-state index is 12.7. The zero-order valence-electron chi connectivity index (χ0n) is 20.9. The third-order valence-electron chi connectivity index (χ3n) is 6.11. The van der Waals surface area contributed by atoms with Gasteiger partial charge in [0.05, 0.1) is 17.5 Å². The highest BCUT2D eigenvalue weighted by atomic mass is 32.2. The number of amides is 1. The molecule has 4 rings (SSSR count). The molecule has 3 heterocycles. The molecule has 0 unspecified atom stereocenters. The van der Waals surface area contributed by atoms with Gasteiger partial charge in [0.15, 0.2) is 5.82 Å². The Morgan fingerprint density at radius 3 is 2.69 bits per heavy atom. The first kappa shape index (κ1) is 25.5. The molecule has 0 spiro atoms. The molecule has 0 aliphatic carbocycles. The number of hydrogen-bond donors (Lipinski definition) is 3. The van der Waals surface area contributed by atoms with Crippen LogP contribution >= 0.6 is 0 Å². The van der Waals surface area contributed by atoms with Crippen LogP contribution < -0.4 is 5.32 Å². The van der Waals surface area contributed by atoms with Crippen LogP contribution in [0.2, 0.25) is 0 Å². The van der Waals surface area contributed by atoms with Crippen LogP contribution in [0, 0.1) is 0 Å². The first-order valence-electron chi connectivity index (χ1n) is 11.8. The van der Waals surface area contributed by atoms with E-state index in [0.29, 0.717) is 11.5 Å². The lowest BCUT2D eigenvalue weighted by Crippen LogP contribution is -2.31. The summed E-state index contributed by atoms with van der Waals surface area (Å²) < 4.78 is 22.9. The topological polar surface area (TPSA) is 137 Å². The lowest BCUT2D eigenvalue weighted by atomic mass is 9.95. The van der Waals surface area contributed by atoms with Gasteiger partial charge in [-0.2, -0.15) is 5.10 Å². The number of benzene rings is 1. The van der Waals surface area contributed by atoms with Gasteiger partial charge in [-0.05, 0) is 41.8 Å². The molecule has 190 valence electrons. The monoisotopic (exact) mass is 509 g/mol. The van der Waals surface area contributed by atoms with Gasteiger partial charge in [0.25, 0.3) is 5.91 Å². The van der Waals surface area contributed by atoms with Crippen LogP contribution in [0.4, 0.5) is 0 Å². The van der Waals surface area contributed by atoms with Crippen molar-refractivity contribution in [2.75, 3.05) is 32.1 Å². The second-order valence-electron chi connectivity index (χ2n) is 8.79. The molecular formula is C25H31N7O3S. The molecule has 0 saturated carbocycles. The fraction of sp³-hybridized carbons (Fsp3) is 0.360. The van der Waals surface area contributed by atoms with Gasteiger partial charge in [0.2, 0.25) is 0 Å². The molecule has 0 aliphatic rings. The molecule has 1 amide bonds. The van der Waals surface area contributed by atoms with Crippen molar-refractivity contribution in [1.29, 1.82) is 0 Å². The first-order valence-corrected chi connectivity index (χ1v) is 13.9. The number of aromatic amines is 2. The molecule has 36 heavy (non-hydrogen) atoms. The summed E-state index contributed by atoms with van der Waals surface area (Å²) in [5.41, 5.74) is 6.23. The quantitative estimate of drug-likeness (QED) is 0.299. The molecule has 1 aromatic carbocycles. The number of aromatic nitrogens is 5. The van der Waals surface area contributed by atoms with E-state index in [9.17, 15) is 13.2 Å². The number of hydrogen-bond acceptors (Lipinski definition) is 7. The van der Waals surface area contributed by atoms with Gasteiger partial charge in [-0.25, -0.2) is 13.4 Å². The van der Waals surface area contributed by atoms with Gasteiger partial charge in [-0.3, -0.25) is 14.9 Å². The molecule has 11 heteroatoms. The van der Waals surface area contributed by atoms with E-state index >= 15 is 0 Å². The SMILES string of the molecule is CCNCc1cncc(-c2ccc3[nH]nc(-c4ncc(C(=O)N(C)CCS(C)(=O)=O)[nH]4)c3c2)c1CC. The normalized spacial score (nSPS) is 11.8. The molecule has 3 N–H and O–H groups in total. The van der Waals surface area contributed by atoms with E-state index in [2.05, 4.69) is 50.4 Å². The number of rotatable bonds is 10. The minimum Gasteiger partial charge on any atom is -0.339 e. The van der Waals surface area contributed by atoms with Crippen molar-refractivity contribution < 1.29 is 13.2 Å². The summed E-state index contributed by atoms with van der Waals surface area (Å²) >= 11 is 0. The number of fused-ring (bicyclic) bond motifs is 1. The number of sulfone groups is 1. The fourth-order valence-corrected chi connectivity index (χ4v) is 4.74. The molecule has 0 atom stereocenters. The highest BCUT2D eigenvalue weighted by molar-refractivity contribution is 7.90. The second-order valence-corrected chi connectivity index (χ2v) is 11.1.